The van der Waals surface area contributed by atoms with Crippen molar-refractivity contribution < 1.29 is 14.3 Å². The number of aromatic nitrogens is 2. The van der Waals surface area contributed by atoms with Crippen LogP contribution in [0.15, 0.2) is 41.2 Å². The number of aromatic amines is 2. The summed E-state index contributed by atoms with van der Waals surface area (Å²) >= 11 is 0. The maximum Gasteiger partial charge on any atom is 0.265 e. The van der Waals surface area contributed by atoms with E-state index in [-0.39, 0.29) is 16.7 Å². The van der Waals surface area contributed by atoms with Gasteiger partial charge in [-0.3, -0.25) is 14.5 Å². The number of benzene rings is 1. The number of H-pyrrole nitrogens is 2. The second kappa shape index (κ2) is 8.56. The summed E-state index contributed by atoms with van der Waals surface area (Å²) in [6.45, 7) is 9.46. The molecule has 3 heterocycles. The van der Waals surface area contributed by atoms with Crippen molar-refractivity contribution in [1.82, 2.24) is 14.9 Å². The van der Waals surface area contributed by atoms with Crippen molar-refractivity contribution in [2.24, 2.45) is 11.1 Å². The number of hydrogen-bond acceptors (Lipinski definition) is 5. The van der Waals surface area contributed by atoms with Crippen LogP contribution in [0, 0.1) is 5.41 Å². The first-order valence-electron chi connectivity index (χ1n) is 10.4. The molecule has 1 aliphatic rings. The van der Waals surface area contributed by atoms with Crippen molar-refractivity contribution in [2.75, 3.05) is 39.5 Å². The van der Waals surface area contributed by atoms with Crippen molar-refractivity contribution in [3.05, 3.63) is 52.4 Å². The molecule has 2 aromatic heterocycles. The van der Waals surface area contributed by atoms with E-state index in [0.29, 0.717) is 17.9 Å². The van der Waals surface area contributed by atoms with Gasteiger partial charge >= 0.3 is 0 Å². The quantitative estimate of drug-likeness (QED) is 0.539. The predicted molar refractivity (Wildman–Crippen MR) is 119 cm³/mol. The molecule has 8 nitrogen and oxygen atoms in total. The number of ether oxygens (including phenoxy) is 2. The lowest BCUT2D eigenvalue weighted by Crippen LogP contribution is -2.43. The summed E-state index contributed by atoms with van der Waals surface area (Å²) in [7, 11) is 0. The molecule has 1 saturated heterocycles. The Morgan fingerprint density at radius 2 is 1.94 bits per heavy atom. The van der Waals surface area contributed by atoms with E-state index >= 15 is 0 Å². The average molecular weight is 425 g/mol. The molecule has 0 atom stereocenters. The minimum atomic E-state index is -0.668. The molecule has 4 N–H and O–H groups in total. The number of carbonyl (C=O) groups excluding carboxylic acids is 1. The zero-order chi connectivity index (χ0) is 22.0. The summed E-state index contributed by atoms with van der Waals surface area (Å²) in [4.78, 5) is 31.8. The molecule has 3 aromatic rings. The molecule has 1 aliphatic heterocycles. The van der Waals surface area contributed by atoms with Gasteiger partial charge in [0.25, 0.3) is 11.5 Å². The molecule has 0 bridgehead atoms. The van der Waals surface area contributed by atoms with Crippen LogP contribution in [0.1, 0.15) is 24.3 Å². The largest absolute Gasteiger partial charge is 0.493 e. The van der Waals surface area contributed by atoms with Crippen LogP contribution in [-0.4, -0.2) is 60.2 Å². The zero-order valence-corrected chi connectivity index (χ0v) is 17.9. The molecule has 8 heteroatoms. The maximum atomic E-state index is 12.3. The maximum absolute atomic E-state index is 12.3. The number of fused-ring (bicyclic) bond motifs is 1. The van der Waals surface area contributed by atoms with E-state index in [2.05, 4.69) is 28.7 Å². The average Bonchev–Trinajstić information content (AvgIpc) is 3.15. The van der Waals surface area contributed by atoms with Crippen LogP contribution < -0.4 is 16.0 Å². The Hall–Kier alpha value is -3.10. The molecule has 1 fully saturated rings. The standard InChI is InChI=1S/C23H28N4O4/c1-23(2,13-27-7-9-30-10-8-27)14-31-16-3-5-18-15(11-16)12-20(25-18)17-4-6-19(21(24)28)26-22(17)29/h3-6,11-12,25H,7-10,13-14H2,1-2H3,(H2,24,28)(H,26,29). The second-order valence-corrected chi connectivity index (χ2v) is 8.75. The van der Waals surface area contributed by atoms with Crippen molar-refractivity contribution >= 4 is 16.8 Å². The Morgan fingerprint density at radius 3 is 2.65 bits per heavy atom. The Morgan fingerprint density at radius 1 is 1.16 bits per heavy atom. The molecule has 0 saturated carbocycles. The number of pyridine rings is 1. The summed E-state index contributed by atoms with van der Waals surface area (Å²) in [5.41, 5.74) is 6.94. The van der Waals surface area contributed by atoms with E-state index in [0.717, 1.165) is 49.5 Å². The van der Waals surface area contributed by atoms with Crippen molar-refractivity contribution in [3.63, 3.8) is 0 Å². The summed E-state index contributed by atoms with van der Waals surface area (Å²) < 4.78 is 11.5. The predicted octanol–water partition coefficient (Wildman–Crippen LogP) is 2.36. The Kier molecular flexibility index (Phi) is 5.84. The Balaban J connectivity index is 1.47. The number of amides is 1. The summed E-state index contributed by atoms with van der Waals surface area (Å²) in [6.07, 6.45) is 0. The number of morpholine rings is 1. The van der Waals surface area contributed by atoms with Gasteiger partial charge in [-0.1, -0.05) is 13.8 Å². The minimum Gasteiger partial charge on any atom is -0.493 e. The van der Waals surface area contributed by atoms with E-state index in [1.165, 1.54) is 6.07 Å². The van der Waals surface area contributed by atoms with Gasteiger partial charge in [-0.2, -0.15) is 0 Å². The lowest BCUT2D eigenvalue weighted by molar-refractivity contribution is 0.0133. The lowest BCUT2D eigenvalue weighted by atomic mass is 9.94. The molecule has 0 spiro atoms. The summed E-state index contributed by atoms with van der Waals surface area (Å²) in [6, 6.07) is 10.8. The first-order chi connectivity index (χ1) is 14.8. The number of carbonyl (C=O) groups is 1. The topological polar surface area (TPSA) is 113 Å². The van der Waals surface area contributed by atoms with Crippen LogP contribution in [0.4, 0.5) is 0 Å². The number of nitrogens with zero attached hydrogens (tertiary/aromatic N) is 1. The van der Waals surface area contributed by atoms with Crippen LogP contribution in [0.5, 0.6) is 5.75 Å². The van der Waals surface area contributed by atoms with Gasteiger partial charge in [0.1, 0.15) is 11.4 Å². The van der Waals surface area contributed by atoms with Crippen molar-refractivity contribution in [3.8, 4) is 17.0 Å². The number of primary amides is 1. The molecule has 4 rings (SSSR count). The van der Waals surface area contributed by atoms with Crippen LogP contribution in [0.2, 0.25) is 0 Å². The van der Waals surface area contributed by atoms with E-state index in [1.54, 1.807) is 6.07 Å². The van der Waals surface area contributed by atoms with E-state index in [1.807, 2.05) is 24.3 Å². The van der Waals surface area contributed by atoms with Crippen molar-refractivity contribution in [2.45, 2.75) is 13.8 Å². The highest BCUT2D eigenvalue weighted by atomic mass is 16.5. The molecule has 1 aromatic carbocycles. The fourth-order valence-electron chi connectivity index (χ4n) is 3.86. The third kappa shape index (κ3) is 4.98. The van der Waals surface area contributed by atoms with Crippen LogP contribution in [0.3, 0.4) is 0 Å². The van der Waals surface area contributed by atoms with Crippen molar-refractivity contribution in [1.29, 1.82) is 0 Å². The first-order valence-corrected chi connectivity index (χ1v) is 10.4. The zero-order valence-electron chi connectivity index (χ0n) is 17.9. The normalized spacial score (nSPS) is 15.3. The number of nitrogens with one attached hydrogen (secondary N) is 2. The number of rotatable bonds is 7. The third-order valence-electron chi connectivity index (χ3n) is 5.44. The van der Waals surface area contributed by atoms with Gasteiger partial charge in [0, 0.05) is 36.0 Å². The monoisotopic (exact) mass is 424 g/mol. The van der Waals surface area contributed by atoms with Gasteiger partial charge in [0.05, 0.1) is 31.1 Å². The van der Waals surface area contributed by atoms with Gasteiger partial charge in [-0.15, -0.1) is 0 Å². The van der Waals surface area contributed by atoms with Gasteiger partial charge < -0.3 is 25.2 Å². The molecule has 0 radical (unpaired) electrons. The van der Waals surface area contributed by atoms with Gasteiger partial charge in [-0.05, 0) is 36.4 Å². The SMILES string of the molecule is CC(C)(COc1ccc2[nH]c(-c3ccc(C(N)=O)[nH]c3=O)cc2c1)CN1CCOCC1. The molecule has 164 valence electrons. The molecule has 1 amide bonds. The fourth-order valence-corrected chi connectivity index (χ4v) is 3.86. The lowest BCUT2D eigenvalue weighted by Gasteiger charge is -2.34. The van der Waals surface area contributed by atoms with E-state index in [9.17, 15) is 9.59 Å². The minimum absolute atomic E-state index is 0.00503. The molecular formula is C23H28N4O4. The molecular weight excluding hydrogens is 396 g/mol. The highest BCUT2D eigenvalue weighted by Gasteiger charge is 2.24. The van der Waals surface area contributed by atoms with Crippen LogP contribution in [0.25, 0.3) is 22.2 Å². The third-order valence-corrected chi connectivity index (χ3v) is 5.44. The van der Waals surface area contributed by atoms with E-state index < -0.39 is 5.91 Å². The Bertz CT molecular complexity index is 1140. The Labute approximate surface area is 180 Å². The summed E-state index contributed by atoms with van der Waals surface area (Å²) in [5, 5.41) is 0.942. The number of nitrogens with two attached hydrogens (primary N) is 1. The van der Waals surface area contributed by atoms with Crippen LogP contribution in [-0.2, 0) is 4.74 Å². The van der Waals surface area contributed by atoms with Gasteiger partial charge in [-0.25, -0.2) is 0 Å². The fraction of sp³-hybridized carbons (Fsp3) is 0.391. The van der Waals surface area contributed by atoms with E-state index in [4.69, 9.17) is 15.2 Å². The highest BCUT2D eigenvalue weighted by molar-refractivity contribution is 5.91. The molecule has 31 heavy (non-hydrogen) atoms. The highest BCUT2D eigenvalue weighted by Crippen LogP contribution is 2.27. The van der Waals surface area contributed by atoms with Crippen LogP contribution >= 0.6 is 0 Å². The van der Waals surface area contributed by atoms with Gasteiger partial charge in [0.2, 0.25) is 0 Å². The summed E-state index contributed by atoms with van der Waals surface area (Å²) in [5.74, 6) is 0.115. The smallest absolute Gasteiger partial charge is 0.265 e. The van der Waals surface area contributed by atoms with Gasteiger partial charge in [0.15, 0.2) is 0 Å². The molecule has 0 unspecified atom stereocenters. The first kappa shape index (κ1) is 21.1. The molecule has 0 aliphatic carbocycles. The number of hydrogen-bond donors (Lipinski definition) is 3. The second-order valence-electron chi connectivity index (χ2n) is 8.75.